The van der Waals surface area contributed by atoms with E-state index in [1.807, 2.05) is 5.32 Å². The number of carbonyl (C=O) groups is 2. The molecule has 1 aromatic carbocycles. The lowest BCUT2D eigenvalue weighted by molar-refractivity contribution is -0.394. The zero-order valence-electron chi connectivity index (χ0n) is 14.1. The fraction of sp³-hybridized carbons (Fsp3) is 0.429. The summed E-state index contributed by atoms with van der Waals surface area (Å²) in [4.78, 5) is 42.9. The second-order valence-electron chi connectivity index (χ2n) is 6.23. The largest absolute Gasteiger partial charge is 0.502 e. The summed E-state index contributed by atoms with van der Waals surface area (Å²) in [5, 5.41) is 43.0. The third-order valence-corrected chi connectivity index (χ3v) is 2.97. The van der Waals surface area contributed by atoms with Crippen LogP contribution < -0.4 is 5.32 Å². The maximum Gasteiger partial charge on any atom is 0.408 e. The molecule has 0 aliphatic rings. The van der Waals surface area contributed by atoms with Gasteiger partial charge < -0.3 is 20.3 Å². The first-order valence-corrected chi connectivity index (χ1v) is 7.19. The van der Waals surface area contributed by atoms with Crippen molar-refractivity contribution >= 4 is 23.4 Å². The number of phenols is 1. The molecular formula is C14H17N3O9. The molecule has 0 radical (unpaired) electrons. The number of benzene rings is 1. The van der Waals surface area contributed by atoms with E-state index in [1.54, 1.807) is 20.8 Å². The highest BCUT2D eigenvalue weighted by molar-refractivity contribution is 5.80. The predicted molar refractivity (Wildman–Crippen MR) is 85.9 cm³/mol. The Morgan fingerprint density at radius 1 is 1.23 bits per heavy atom. The maximum absolute atomic E-state index is 11.7. The Labute approximate surface area is 146 Å². The van der Waals surface area contributed by atoms with Crippen LogP contribution in [-0.2, 0) is 16.0 Å². The third kappa shape index (κ3) is 5.58. The zero-order valence-corrected chi connectivity index (χ0v) is 14.1. The van der Waals surface area contributed by atoms with Crippen molar-refractivity contribution < 1.29 is 34.4 Å². The number of aromatic hydroxyl groups is 1. The summed E-state index contributed by atoms with van der Waals surface area (Å²) in [7, 11) is 0. The van der Waals surface area contributed by atoms with Crippen LogP contribution in [0, 0.1) is 20.2 Å². The van der Waals surface area contributed by atoms with Gasteiger partial charge >= 0.3 is 17.7 Å². The summed E-state index contributed by atoms with van der Waals surface area (Å²) < 4.78 is 4.92. The van der Waals surface area contributed by atoms with Crippen molar-refractivity contribution in [2.24, 2.45) is 0 Å². The monoisotopic (exact) mass is 371 g/mol. The van der Waals surface area contributed by atoms with Crippen molar-refractivity contribution in [3.63, 3.8) is 0 Å². The van der Waals surface area contributed by atoms with Crippen LogP contribution in [0.4, 0.5) is 16.2 Å². The highest BCUT2D eigenvalue weighted by atomic mass is 16.6. The van der Waals surface area contributed by atoms with Gasteiger partial charge in [0, 0.05) is 18.1 Å². The lowest BCUT2D eigenvalue weighted by Gasteiger charge is -2.22. The van der Waals surface area contributed by atoms with Gasteiger partial charge in [-0.2, -0.15) is 0 Å². The van der Waals surface area contributed by atoms with Crippen LogP contribution in [0.3, 0.4) is 0 Å². The third-order valence-electron chi connectivity index (χ3n) is 2.97. The Kier molecular flexibility index (Phi) is 6.05. The van der Waals surface area contributed by atoms with Crippen molar-refractivity contribution in [3.05, 3.63) is 37.9 Å². The van der Waals surface area contributed by atoms with Gasteiger partial charge in [-0.1, -0.05) is 0 Å². The molecule has 1 rings (SSSR count). The molecule has 0 aromatic heterocycles. The number of hydrogen-bond donors (Lipinski definition) is 3. The molecule has 0 saturated carbocycles. The Hall–Kier alpha value is -3.44. The van der Waals surface area contributed by atoms with Crippen molar-refractivity contribution in [2.75, 3.05) is 0 Å². The molecule has 1 atom stereocenters. The smallest absolute Gasteiger partial charge is 0.408 e. The van der Waals surface area contributed by atoms with E-state index >= 15 is 0 Å². The molecular weight excluding hydrogens is 354 g/mol. The van der Waals surface area contributed by atoms with E-state index in [4.69, 9.17) is 4.74 Å². The molecule has 0 spiro atoms. The highest BCUT2D eigenvalue weighted by Crippen LogP contribution is 2.35. The molecule has 0 fully saturated rings. The van der Waals surface area contributed by atoms with Gasteiger partial charge in [-0.25, -0.2) is 9.59 Å². The molecule has 1 aromatic rings. The van der Waals surface area contributed by atoms with Gasteiger partial charge in [0.25, 0.3) is 5.69 Å². The van der Waals surface area contributed by atoms with Gasteiger partial charge in [-0.15, -0.1) is 0 Å². The lowest BCUT2D eigenvalue weighted by Crippen LogP contribution is -2.44. The number of alkyl carbamates (subject to hydrolysis) is 1. The first-order chi connectivity index (χ1) is 11.8. The second kappa shape index (κ2) is 7.63. The van der Waals surface area contributed by atoms with E-state index in [0.29, 0.717) is 6.07 Å². The fourth-order valence-corrected chi connectivity index (χ4v) is 1.93. The number of non-ortho nitro benzene ring substituents is 1. The number of nitrogens with one attached hydrogen (secondary N) is 1. The number of nitro benzene ring substituents is 2. The first kappa shape index (κ1) is 20.6. The van der Waals surface area contributed by atoms with Crippen LogP contribution in [0.2, 0.25) is 0 Å². The summed E-state index contributed by atoms with van der Waals surface area (Å²) in [5.74, 6) is -2.44. The standard InChI is InChI=1S/C14H17N3O9/c1-14(2,3)26-13(21)15-9(12(19)20)5-7-4-8(16(22)23)6-10(11(7)18)17(24)25/h4,6,9,18H,5H2,1-3H3,(H,15,21)(H,19,20)/t9-/m0/s1. The van der Waals surface area contributed by atoms with Crippen LogP contribution in [0.25, 0.3) is 0 Å². The molecule has 0 aliphatic heterocycles. The van der Waals surface area contributed by atoms with E-state index < -0.39 is 57.1 Å². The first-order valence-electron chi connectivity index (χ1n) is 7.19. The zero-order chi connectivity index (χ0) is 20.2. The van der Waals surface area contributed by atoms with Crippen LogP contribution in [-0.4, -0.2) is 43.8 Å². The van der Waals surface area contributed by atoms with Crippen molar-refractivity contribution in [1.82, 2.24) is 5.32 Å². The van der Waals surface area contributed by atoms with Gasteiger partial charge in [0.1, 0.15) is 11.6 Å². The second-order valence-corrected chi connectivity index (χ2v) is 6.23. The number of hydrogen-bond acceptors (Lipinski definition) is 8. The number of nitrogens with zero attached hydrogens (tertiary/aromatic N) is 2. The minimum absolute atomic E-state index is 0.380. The van der Waals surface area contributed by atoms with Crippen LogP contribution in [0.15, 0.2) is 12.1 Å². The van der Waals surface area contributed by atoms with Gasteiger partial charge in [-0.05, 0) is 20.8 Å². The summed E-state index contributed by atoms with van der Waals surface area (Å²) in [6.45, 7) is 4.66. The number of rotatable bonds is 6. The SMILES string of the molecule is CC(C)(C)OC(=O)N[C@@H](Cc1cc([N+](=O)[O-])cc([N+](=O)[O-])c1O)C(=O)O. The Morgan fingerprint density at radius 2 is 1.81 bits per heavy atom. The normalized spacial score (nSPS) is 12.1. The van der Waals surface area contributed by atoms with Gasteiger partial charge in [0.2, 0.25) is 0 Å². The summed E-state index contributed by atoms with van der Waals surface area (Å²) >= 11 is 0. The maximum atomic E-state index is 11.7. The van der Waals surface area contributed by atoms with E-state index in [-0.39, 0.29) is 5.56 Å². The molecule has 142 valence electrons. The fourth-order valence-electron chi connectivity index (χ4n) is 1.93. The van der Waals surface area contributed by atoms with Crippen molar-refractivity contribution in [1.29, 1.82) is 0 Å². The summed E-state index contributed by atoms with van der Waals surface area (Å²) in [6.07, 6.45) is -1.70. The average molecular weight is 371 g/mol. The number of aliphatic carboxylic acids is 1. The molecule has 0 heterocycles. The van der Waals surface area contributed by atoms with Crippen LogP contribution in [0.1, 0.15) is 26.3 Å². The number of phenolic OH excluding ortho intramolecular Hbond substituents is 1. The van der Waals surface area contributed by atoms with Crippen LogP contribution >= 0.6 is 0 Å². The average Bonchev–Trinajstić information content (AvgIpc) is 2.45. The molecule has 12 nitrogen and oxygen atoms in total. The van der Waals surface area contributed by atoms with E-state index in [0.717, 1.165) is 6.07 Å². The van der Waals surface area contributed by atoms with Crippen molar-refractivity contribution in [3.8, 4) is 5.75 Å². The lowest BCUT2D eigenvalue weighted by atomic mass is 10.0. The molecule has 26 heavy (non-hydrogen) atoms. The summed E-state index contributed by atoms with van der Waals surface area (Å²) in [5.41, 5.74) is -2.93. The van der Waals surface area contributed by atoms with Crippen molar-refractivity contribution in [2.45, 2.75) is 38.8 Å². The molecule has 0 aliphatic carbocycles. The number of nitro groups is 2. The number of amides is 1. The van der Waals surface area contributed by atoms with E-state index in [9.17, 15) is 40.0 Å². The Morgan fingerprint density at radius 3 is 2.23 bits per heavy atom. The molecule has 0 saturated heterocycles. The van der Waals surface area contributed by atoms with Gasteiger partial charge in [0.05, 0.1) is 15.9 Å². The van der Waals surface area contributed by atoms with E-state index in [1.165, 1.54) is 0 Å². The predicted octanol–water partition coefficient (Wildman–Crippen LogP) is 1.73. The number of carboxylic acid groups (broad SMARTS) is 1. The molecule has 0 bridgehead atoms. The molecule has 12 heteroatoms. The number of carboxylic acids is 1. The molecule has 0 unspecified atom stereocenters. The number of carbonyl (C=O) groups excluding carboxylic acids is 1. The quantitative estimate of drug-likeness (QED) is 0.495. The van der Waals surface area contributed by atoms with E-state index in [2.05, 4.69) is 0 Å². The van der Waals surface area contributed by atoms with Gasteiger partial charge in [-0.3, -0.25) is 20.2 Å². The molecule has 1 amide bonds. The minimum Gasteiger partial charge on any atom is -0.502 e. The Balaban J connectivity index is 3.19. The number of ether oxygens (including phenoxy) is 1. The molecule has 3 N–H and O–H groups in total. The minimum atomic E-state index is -1.64. The van der Waals surface area contributed by atoms with Gasteiger partial charge in [0.15, 0.2) is 5.75 Å². The summed E-state index contributed by atoms with van der Waals surface area (Å²) in [6, 6.07) is -0.289. The topological polar surface area (TPSA) is 182 Å². The Bertz CT molecular complexity index is 755. The van der Waals surface area contributed by atoms with Crippen LogP contribution in [0.5, 0.6) is 5.75 Å². The highest BCUT2D eigenvalue weighted by Gasteiger charge is 2.29.